The second-order valence-electron chi connectivity index (χ2n) is 8.83. The number of piperidine rings is 1. The van der Waals surface area contributed by atoms with Gasteiger partial charge in [-0.05, 0) is 49.9 Å². The number of hydrogen-bond donors (Lipinski definition) is 1. The van der Waals surface area contributed by atoms with Gasteiger partial charge in [-0.3, -0.25) is 19.3 Å². The molecule has 8 heteroatoms. The standard InChI is InChI=1S/C24H36N4O4/c1-18(29)25-21-8-6-20(7-9-21)24(31)26(3)13-14-28(22-10-15-32-16-11-22)23-5-4-12-27(17-23)19(2)30/h6-9,22-23H,4-5,10-17H2,1-3H3,(H,25,29). The average molecular weight is 445 g/mol. The van der Waals surface area contributed by atoms with Crippen LogP contribution >= 0.6 is 0 Å². The predicted molar refractivity (Wildman–Crippen MR) is 124 cm³/mol. The molecule has 3 rings (SSSR count). The molecule has 0 saturated carbocycles. The highest BCUT2D eigenvalue weighted by molar-refractivity contribution is 5.95. The van der Waals surface area contributed by atoms with E-state index >= 15 is 0 Å². The maximum Gasteiger partial charge on any atom is 0.253 e. The zero-order valence-corrected chi connectivity index (χ0v) is 19.5. The quantitative estimate of drug-likeness (QED) is 0.697. The fourth-order valence-electron chi connectivity index (χ4n) is 4.68. The molecule has 2 aliphatic rings. The van der Waals surface area contributed by atoms with Crippen molar-refractivity contribution in [1.82, 2.24) is 14.7 Å². The Hall–Kier alpha value is -2.45. The number of likely N-dealkylation sites (N-methyl/N-ethyl adjacent to an activating group) is 1. The van der Waals surface area contributed by atoms with Crippen molar-refractivity contribution in [2.45, 2.75) is 51.6 Å². The summed E-state index contributed by atoms with van der Waals surface area (Å²) in [4.78, 5) is 42.3. The summed E-state index contributed by atoms with van der Waals surface area (Å²) >= 11 is 0. The maximum absolute atomic E-state index is 12.9. The van der Waals surface area contributed by atoms with E-state index < -0.39 is 0 Å². The molecule has 2 aliphatic heterocycles. The van der Waals surface area contributed by atoms with Crippen molar-refractivity contribution in [3.05, 3.63) is 29.8 Å². The van der Waals surface area contributed by atoms with E-state index in [1.54, 1.807) is 36.1 Å². The third-order valence-electron chi connectivity index (χ3n) is 6.46. The van der Waals surface area contributed by atoms with Gasteiger partial charge in [-0.2, -0.15) is 0 Å². The number of amides is 3. The largest absolute Gasteiger partial charge is 0.381 e. The van der Waals surface area contributed by atoms with Crippen molar-refractivity contribution in [2.24, 2.45) is 0 Å². The first-order valence-corrected chi connectivity index (χ1v) is 11.6. The Labute approximate surface area is 190 Å². The third kappa shape index (κ3) is 6.53. The number of ether oxygens (including phenoxy) is 1. The summed E-state index contributed by atoms with van der Waals surface area (Å²) in [6.45, 7) is 7.60. The van der Waals surface area contributed by atoms with Gasteiger partial charge in [-0.25, -0.2) is 0 Å². The highest BCUT2D eigenvalue weighted by Crippen LogP contribution is 2.23. The van der Waals surface area contributed by atoms with E-state index in [-0.39, 0.29) is 17.7 Å². The molecule has 1 aromatic carbocycles. The molecule has 1 N–H and O–H groups in total. The second-order valence-corrected chi connectivity index (χ2v) is 8.83. The monoisotopic (exact) mass is 444 g/mol. The Kier molecular flexibility index (Phi) is 8.64. The molecule has 32 heavy (non-hydrogen) atoms. The number of likely N-dealkylation sites (tertiary alicyclic amines) is 1. The van der Waals surface area contributed by atoms with Gasteiger partial charge >= 0.3 is 0 Å². The Morgan fingerprint density at radius 1 is 1.03 bits per heavy atom. The minimum Gasteiger partial charge on any atom is -0.381 e. The topological polar surface area (TPSA) is 82.2 Å². The van der Waals surface area contributed by atoms with Gasteiger partial charge in [0.1, 0.15) is 0 Å². The van der Waals surface area contributed by atoms with E-state index in [1.165, 1.54) is 6.92 Å². The van der Waals surface area contributed by atoms with Crippen molar-refractivity contribution >= 4 is 23.4 Å². The molecule has 3 amide bonds. The SMILES string of the molecule is CC(=O)Nc1ccc(C(=O)N(C)CCN(C2CCOCC2)C2CCCN(C(C)=O)C2)cc1. The van der Waals surface area contributed by atoms with Crippen LogP contribution in [0, 0.1) is 0 Å². The summed E-state index contributed by atoms with van der Waals surface area (Å²) in [7, 11) is 1.83. The number of benzene rings is 1. The predicted octanol–water partition coefficient (Wildman–Crippen LogP) is 2.21. The number of carbonyl (C=O) groups is 3. The summed E-state index contributed by atoms with van der Waals surface area (Å²) in [6, 6.07) is 7.71. The lowest BCUT2D eigenvalue weighted by atomic mass is 9.98. The van der Waals surface area contributed by atoms with Crippen LogP contribution in [0.2, 0.25) is 0 Å². The normalized spacial score (nSPS) is 19.6. The Morgan fingerprint density at radius 3 is 2.34 bits per heavy atom. The van der Waals surface area contributed by atoms with E-state index in [9.17, 15) is 14.4 Å². The van der Waals surface area contributed by atoms with Crippen LogP contribution < -0.4 is 5.32 Å². The lowest BCUT2D eigenvalue weighted by molar-refractivity contribution is -0.131. The first-order valence-electron chi connectivity index (χ1n) is 11.6. The Balaban J connectivity index is 1.63. The molecule has 0 spiro atoms. The molecule has 1 aromatic rings. The van der Waals surface area contributed by atoms with Crippen LogP contribution in [0.1, 0.15) is 49.9 Å². The van der Waals surface area contributed by atoms with Gasteiger partial charge in [0.25, 0.3) is 5.91 Å². The molecule has 0 aromatic heterocycles. The van der Waals surface area contributed by atoms with Gasteiger partial charge in [-0.1, -0.05) is 0 Å². The molecule has 0 bridgehead atoms. The number of carbonyl (C=O) groups excluding carboxylic acids is 3. The van der Waals surface area contributed by atoms with Crippen LogP contribution in [0.15, 0.2) is 24.3 Å². The Morgan fingerprint density at radius 2 is 1.72 bits per heavy atom. The van der Waals surface area contributed by atoms with E-state index in [4.69, 9.17) is 4.74 Å². The molecule has 2 fully saturated rings. The van der Waals surface area contributed by atoms with Gasteiger partial charge in [0.05, 0.1) is 0 Å². The molecular formula is C24H36N4O4. The summed E-state index contributed by atoms with van der Waals surface area (Å²) in [5.74, 6) is -0.0441. The van der Waals surface area contributed by atoms with Crippen molar-refractivity contribution in [3.8, 4) is 0 Å². The number of rotatable bonds is 7. The van der Waals surface area contributed by atoms with E-state index in [2.05, 4.69) is 10.2 Å². The van der Waals surface area contributed by atoms with Crippen LogP contribution in [0.4, 0.5) is 5.69 Å². The fourth-order valence-corrected chi connectivity index (χ4v) is 4.68. The summed E-state index contributed by atoms with van der Waals surface area (Å²) in [5.41, 5.74) is 1.27. The number of hydrogen-bond acceptors (Lipinski definition) is 5. The average Bonchev–Trinajstić information content (AvgIpc) is 2.79. The zero-order chi connectivity index (χ0) is 23.1. The minimum atomic E-state index is -0.138. The lowest BCUT2D eigenvalue weighted by Gasteiger charge is -2.44. The molecular weight excluding hydrogens is 408 g/mol. The highest BCUT2D eigenvalue weighted by atomic mass is 16.5. The zero-order valence-electron chi connectivity index (χ0n) is 19.5. The van der Waals surface area contributed by atoms with E-state index in [0.29, 0.717) is 29.9 Å². The summed E-state index contributed by atoms with van der Waals surface area (Å²) < 4.78 is 5.57. The first kappa shape index (κ1) is 24.2. The number of nitrogens with zero attached hydrogens (tertiary/aromatic N) is 3. The maximum atomic E-state index is 12.9. The van der Waals surface area contributed by atoms with Gasteiger partial charge in [0.2, 0.25) is 11.8 Å². The molecule has 0 aliphatic carbocycles. The molecule has 0 radical (unpaired) electrons. The van der Waals surface area contributed by atoms with Crippen molar-refractivity contribution in [2.75, 3.05) is 51.8 Å². The summed E-state index contributed by atoms with van der Waals surface area (Å²) in [6.07, 6.45) is 4.06. The smallest absolute Gasteiger partial charge is 0.253 e. The van der Waals surface area contributed by atoms with Crippen LogP contribution in [0.25, 0.3) is 0 Å². The first-order chi connectivity index (χ1) is 15.3. The van der Waals surface area contributed by atoms with Gasteiger partial charge in [-0.15, -0.1) is 0 Å². The molecule has 176 valence electrons. The molecule has 2 heterocycles. The third-order valence-corrected chi connectivity index (χ3v) is 6.46. The van der Waals surface area contributed by atoms with Crippen LogP contribution in [-0.2, 0) is 14.3 Å². The minimum absolute atomic E-state index is 0.0414. The van der Waals surface area contributed by atoms with Crippen molar-refractivity contribution < 1.29 is 19.1 Å². The molecule has 2 saturated heterocycles. The van der Waals surface area contributed by atoms with E-state index in [0.717, 1.165) is 58.5 Å². The fraction of sp³-hybridized carbons (Fsp3) is 0.625. The van der Waals surface area contributed by atoms with E-state index in [1.807, 2.05) is 11.9 Å². The van der Waals surface area contributed by atoms with Gasteiger partial charge in [0, 0.05) is 83.6 Å². The molecule has 8 nitrogen and oxygen atoms in total. The second kappa shape index (κ2) is 11.4. The van der Waals surface area contributed by atoms with Crippen molar-refractivity contribution in [3.63, 3.8) is 0 Å². The van der Waals surface area contributed by atoms with Gasteiger partial charge < -0.3 is 19.9 Å². The number of nitrogens with one attached hydrogen (secondary N) is 1. The van der Waals surface area contributed by atoms with Gasteiger partial charge in [0.15, 0.2) is 0 Å². The molecule has 1 atom stereocenters. The highest BCUT2D eigenvalue weighted by Gasteiger charge is 2.32. The van der Waals surface area contributed by atoms with Crippen molar-refractivity contribution in [1.29, 1.82) is 0 Å². The molecule has 1 unspecified atom stereocenters. The number of anilines is 1. The lowest BCUT2D eigenvalue weighted by Crippen LogP contribution is -2.55. The summed E-state index contributed by atoms with van der Waals surface area (Å²) in [5, 5.41) is 2.72. The van der Waals surface area contributed by atoms with Crippen LogP contribution in [0.3, 0.4) is 0 Å². The van der Waals surface area contributed by atoms with Crippen LogP contribution in [-0.4, -0.2) is 90.9 Å². The van der Waals surface area contributed by atoms with Crippen LogP contribution in [0.5, 0.6) is 0 Å². The Bertz CT molecular complexity index is 792.